The molecule has 1 heterocycles. The number of carboxylic acids is 1. The number of rotatable bonds is 4. The van der Waals surface area contributed by atoms with E-state index in [1.54, 1.807) is 6.20 Å². The molecule has 2 aromatic rings. The Hall–Kier alpha value is -2.16. The van der Waals surface area contributed by atoms with Crippen LogP contribution in [0.2, 0.25) is 0 Å². The smallest absolute Gasteiger partial charge is 0.314 e. The van der Waals surface area contributed by atoms with E-state index in [2.05, 4.69) is 4.98 Å². The quantitative estimate of drug-likeness (QED) is 0.911. The number of carboxylic acid groups (broad SMARTS) is 1. The number of pyridine rings is 1. The maximum atomic E-state index is 11.3. The van der Waals surface area contributed by atoms with Crippen LogP contribution >= 0.6 is 0 Å². The van der Waals surface area contributed by atoms with Crippen LogP contribution in [0.25, 0.3) is 0 Å². The number of carbonyl (C=O) groups is 1. The molecule has 1 aromatic heterocycles. The first-order chi connectivity index (χ1) is 9.21. The normalized spacial score (nSPS) is 16.0. The summed E-state index contributed by atoms with van der Waals surface area (Å²) in [7, 11) is 0. The summed E-state index contributed by atoms with van der Waals surface area (Å²) in [6, 6.07) is 13.7. The molecule has 0 saturated heterocycles. The van der Waals surface area contributed by atoms with Crippen LogP contribution in [0, 0.1) is 0 Å². The van der Waals surface area contributed by atoms with Gasteiger partial charge >= 0.3 is 5.97 Å². The van der Waals surface area contributed by atoms with Gasteiger partial charge < -0.3 is 5.11 Å². The Labute approximate surface area is 111 Å². The van der Waals surface area contributed by atoms with Crippen molar-refractivity contribution in [2.24, 2.45) is 0 Å². The van der Waals surface area contributed by atoms with Crippen molar-refractivity contribution in [1.29, 1.82) is 0 Å². The number of benzene rings is 1. The molecule has 0 bridgehead atoms. The second-order valence-electron chi connectivity index (χ2n) is 5.09. The lowest BCUT2D eigenvalue weighted by atomic mass is 9.93. The Bertz CT molecular complexity index is 603. The predicted octanol–water partition coefficient (Wildman–Crippen LogP) is 2.79. The van der Waals surface area contributed by atoms with E-state index in [1.165, 1.54) is 0 Å². The maximum absolute atomic E-state index is 11.3. The summed E-state index contributed by atoms with van der Waals surface area (Å²) >= 11 is 0. The molecule has 0 radical (unpaired) electrons. The first-order valence-electron chi connectivity index (χ1n) is 6.43. The van der Waals surface area contributed by atoms with E-state index < -0.39 is 11.4 Å². The first kappa shape index (κ1) is 11.9. The predicted molar refractivity (Wildman–Crippen MR) is 72.0 cm³/mol. The molecule has 3 rings (SSSR count). The van der Waals surface area contributed by atoms with Gasteiger partial charge in [0.1, 0.15) is 0 Å². The molecule has 1 aliphatic carbocycles. The van der Waals surface area contributed by atoms with Gasteiger partial charge in [0.2, 0.25) is 0 Å². The van der Waals surface area contributed by atoms with Gasteiger partial charge in [-0.3, -0.25) is 9.78 Å². The minimum atomic E-state index is -0.706. The Balaban J connectivity index is 1.87. The Morgan fingerprint density at radius 2 is 2.05 bits per heavy atom. The average Bonchev–Trinajstić information content (AvgIpc) is 3.22. The van der Waals surface area contributed by atoms with Gasteiger partial charge in [-0.05, 0) is 36.1 Å². The highest BCUT2D eigenvalue weighted by molar-refractivity contribution is 5.84. The Morgan fingerprint density at radius 1 is 1.21 bits per heavy atom. The molecule has 1 aliphatic rings. The number of nitrogens with zero attached hydrogens (tertiary/aromatic N) is 1. The highest BCUT2D eigenvalue weighted by atomic mass is 16.4. The summed E-state index contributed by atoms with van der Waals surface area (Å²) in [5, 5.41) is 9.33. The highest BCUT2D eigenvalue weighted by Gasteiger charge is 2.51. The lowest BCUT2D eigenvalue weighted by molar-refractivity contribution is -0.140. The van der Waals surface area contributed by atoms with Crippen molar-refractivity contribution in [3.8, 4) is 0 Å². The molecule has 96 valence electrons. The zero-order chi connectivity index (χ0) is 13.3. The standard InChI is InChI=1S/C16H15NO2/c18-15(19)16(7-8-16)13-5-3-4-12(10-13)11-14-6-1-2-9-17-14/h1-6,9-10H,7-8,11H2,(H,18,19). The first-order valence-corrected chi connectivity index (χ1v) is 6.43. The van der Waals surface area contributed by atoms with E-state index in [4.69, 9.17) is 0 Å². The van der Waals surface area contributed by atoms with Gasteiger partial charge in [0.25, 0.3) is 0 Å². The third kappa shape index (κ3) is 2.24. The molecule has 1 saturated carbocycles. The van der Waals surface area contributed by atoms with Gasteiger partial charge in [0.15, 0.2) is 0 Å². The number of aromatic nitrogens is 1. The third-order valence-electron chi connectivity index (χ3n) is 3.75. The average molecular weight is 253 g/mol. The molecule has 0 atom stereocenters. The summed E-state index contributed by atoms with van der Waals surface area (Å²) in [5.41, 5.74) is 2.41. The fraction of sp³-hybridized carbons (Fsp3) is 0.250. The van der Waals surface area contributed by atoms with Crippen LogP contribution in [0.1, 0.15) is 29.7 Å². The van der Waals surface area contributed by atoms with Crippen LogP contribution in [-0.4, -0.2) is 16.1 Å². The molecule has 0 aliphatic heterocycles. The van der Waals surface area contributed by atoms with E-state index in [0.29, 0.717) is 0 Å². The summed E-state index contributed by atoms with van der Waals surface area (Å²) < 4.78 is 0. The fourth-order valence-corrected chi connectivity index (χ4v) is 2.44. The van der Waals surface area contributed by atoms with Crippen molar-refractivity contribution in [2.75, 3.05) is 0 Å². The second kappa shape index (κ2) is 4.50. The molecule has 1 N–H and O–H groups in total. The van der Waals surface area contributed by atoms with Crippen molar-refractivity contribution in [1.82, 2.24) is 4.98 Å². The van der Waals surface area contributed by atoms with Crippen molar-refractivity contribution >= 4 is 5.97 Å². The second-order valence-corrected chi connectivity index (χ2v) is 5.09. The van der Waals surface area contributed by atoms with Crippen LogP contribution in [0.3, 0.4) is 0 Å². The molecule has 19 heavy (non-hydrogen) atoms. The van der Waals surface area contributed by atoms with Crippen LogP contribution in [-0.2, 0) is 16.6 Å². The SMILES string of the molecule is O=C(O)C1(c2cccc(Cc3ccccn3)c2)CC1. The van der Waals surface area contributed by atoms with Gasteiger partial charge in [-0.15, -0.1) is 0 Å². The molecular weight excluding hydrogens is 238 g/mol. The van der Waals surface area contributed by atoms with Crippen molar-refractivity contribution in [3.63, 3.8) is 0 Å². The highest BCUT2D eigenvalue weighted by Crippen LogP contribution is 2.48. The molecular formula is C16H15NO2. The summed E-state index contributed by atoms with van der Waals surface area (Å²) in [5.74, 6) is -0.706. The largest absolute Gasteiger partial charge is 0.481 e. The lowest BCUT2D eigenvalue weighted by Gasteiger charge is -2.11. The topological polar surface area (TPSA) is 50.2 Å². The molecule has 0 unspecified atom stereocenters. The monoisotopic (exact) mass is 253 g/mol. The lowest BCUT2D eigenvalue weighted by Crippen LogP contribution is -2.19. The van der Waals surface area contributed by atoms with Crippen LogP contribution in [0.15, 0.2) is 48.7 Å². The van der Waals surface area contributed by atoms with E-state index in [0.717, 1.165) is 36.1 Å². The van der Waals surface area contributed by atoms with Crippen LogP contribution < -0.4 is 0 Å². The van der Waals surface area contributed by atoms with Gasteiger partial charge in [-0.2, -0.15) is 0 Å². The van der Waals surface area contributed by atoms with Gasteiger partial charge in [-0.1, -0.05) is 30.3 Å². The Morgan fingerprint density at radius 3 is 2.68 bits per heavy atom. The van der Waals surface area contributed by atoms with Crippen LogP contribution in [0.5, 0.6) is 0 Å². The molecule has 0 amide bonds. The van der Waals surface area contributed by atoms with Gasteiger partial charge in [0, 0.05) is 18.3 Å². The summed E-state index contributed by atoms with van der Waals surface area (Å²) in [6.45, 7) is 0. The van der Waals surface area contributed by atoms with Crippen molar-refractivity contribution in [2.45, 2.75) is 24.7 Å². The molecule has 0 spiro atoms. The van der Waals surface area contributed by atoms with Crippen LogP contribution in [0.4, 0.5) is 0 Å². The van der Waals surface area contributed by atoms with Gasteiger partial charge in [0.05, 0.1) is 5.41 Å². The number of hydrogen-bond acceptors (Lipinski definition) is 2. The summed E-state index contributed by atoms with van der Waals surface area (Å²) in [6.07, 6.45) is 4.01. The van der Waals surface area contributed by atoms with E-state index >= 15 is 0 Å². The van der Waals surface area contributed by atoms with Gasteiger partial charge in [-0.25, -0.2) is 0 Å². The number of hydrogen-bond donors (Lipinski definition) is 1. The van der Waals surface area contributed by atoms with E-state index in [-0.39, 0.29) is 0 Å². The number of aliphatic carboxylic acids is 1. The minimum absolute atomic E-state index is 0.625. The molecule has 3 heteroatoms. The zero-order valence-corrected chi connectivity index (χ0v) is 10.5. The van der Waals surface area contributed by atoms with E-state index in [1.807, 2.05) is 42.5 Å². The fourth-order valence-electron chi connectivity index (χ4n) is 2.44. The van der Waals surface area contributed by atoms with Crippen molar-refractivity contribution in [3.05, 3.63) is 65.5 Å². The van der Waals surface area contributed by atoms with Crippen molar-refractivity contribution < 1.29 is 9.90 Å². The molecule has 1 aromatic carbocycles. The molecule has 1 fully saturated rings. The maximum Gasteiger partial charge on any atom is 0.314 e. The Kier molecular flexibility index (Phi) is 2.82. The summed E-state index contributed by atoms with van der Waals surface area (Å²) in [4.78, 5) is 15.6. The zero-order valence-electron chi connectivity index (χ0n) is 10.5. The molecule has 3 nitrogen and oxygen atoms in total. The van der Waals surface area contributed by atoms with E-state index in [9.17, 15) is 9.90 Å². The third-order valence-corrected chi connectivity index (χ3v) is 3.75. The minimum Gasteiger partial charge on any atom is -0.481 e.